The monoisotopic (exact) mass is 823 g/mol. The lowest BCUT2D eigenvalue weighted by molar-refractivity contribution is 0.483. The van der Waals surface area contributed by atoms with Gasteiger partial charge in [0.2, 0.25) is 0 Å². The summed E-state index contributed by atoms with van der Waals surface area (Å²) in [5.74, 6) is 2.40. The van der Waals surface area contributed by atoms with Crippen molar-refractivity contribution in [3.63, 3.8) is 0 Å². The van der Waals surface area contributed by atoms with Gasteiger partial charge in [0.15, 0.2) is 8.07 Å². The first kappa shape index (κ1) is 35.5. The van der Waals surface area contributed by atoms with E-state index in [1.165, 1.54) is 36.9 Å². The summed E-state index contributed by atoms with van der Waals surface area (Å²) in [4.78, 5) is 12.8. The van der Waals surface area contributed by atoms with Gasteiger partial charge >= 0.3 is 0 Å². The number of rotatable bonds is 6. The van der Waals surface area contributed by atoms with Crippen LogP contribution in [0.2, 0.25) is 0 Å². The number of aromatic nitrogens is 4. The van der Waals surface area contributed by atoms with E-state index in [0.29, 0.717) is 0 Å². The van der Waals surface area contributed by atoms with Gasteiger partial charge in [-0.25, -0.2) is 9.97 Å². The number of pyridine rings is 2. The molecule has 0 saturated carbocycles. The third kappa shape index (κ3) is 5.17. The van der Waals surface area contributed by atoms with Crippen LogP contribution >= 0.6 is 0 Å². The first-order valence-corrected chi connectivity index (χ1v) is 23.3. The van der Waals surface area contributed by atoms with Crippen LogP contribution in [0.5, 0.6) is 11.5 Å². The number of hydrogen-bond donors (Lipinski definition) is 0. The smallest absolute Gasteiger partial charge is 0.187 e. The Morgan fingerprint density at radius 2 is 1.11 bits per heavy atom. The minimum Gasteiger partial charge on any atom is -0.457 e. The molecule has 0 aliphatic carbocycles. The zero-order chi connectivity index (χ0) is 41.5. The van der Waals surface area contributed by atoms with Crippen molar-refractivity contribution >= 4 is 95.1 Å². The van der Waals surface area contributed by atoms with E-state index in [2.05, 4.69) is 220 Å². The van der Waals surface area contributed by atoms with Gasteiger partial charge in [-0.15, -0.1) is 0 Å². The van der Waals surface area contributed by atoms with E-state index in [0.717, 1.165) is 67.3 Å². The van der Waals surface area contributed by atoms with Crippen LogP contribution in [0.4, 0.5) is 17.2 Å². The number of imidazole rings is 1. The Hall–Kier alpha value is -8.26. The number of fused-ring (bicyclic) bond motifs is 12. The molecule has 0 bridgehead atoms. The van der Waals surface area contributed by atoms with E-state index in [4.69, 9.17) is 14.7 Å². The van der Waals surface area contributed by atoms with E-state index in [1.807, 2.05) is 18.5 Å². The minimum absolute atomic E-state index is 0.730. The molecule has 296 valence electrons. The van der Waals surface area contributed by atoms with Crippen molar-refractivity contribution < 1.29 is 4.74 Å². The predicted molar refractivity (Wildman–Crippen MR) is 261 cm³/mol. The molecule has 0 unspecified atom stereocenters. The number of benzene rings is 8. The highest BCUT2D eigenvalue weighted by Crippen LogP contribution is 2.43. The molecular formula is C56H37N5OSi. The molecule has 1 aliphatic heterocycles. The van der Waals surface area contributed by atoms with Crippen molar-refractivity contribution in [2.75, 3.05) is 4.90 Å². The van der Waals surface area contributed by atoms with E-state index in [9.17, 15) is 0 Å². The van der Waals surface area contributed by atoms with E-state index < -0.39 is 8.07 Å². The van der Waals surface area contributed by atoms with Crippen molar-refractivity contribution in [1.29, 1.82) is 0 Å². The summed E-state index contributed by atoms with van der Waals surface area (Å²) in [5, 5.41) is 11.0. The van der Waals surface area contributed by atoms with Crippen LogP contribution in [0.3, 0.4) is 0 Å². The Kier molecular flexibility index (Phi) is 7.82. The quantitative estimate of drug-likeness (QED) is 0.124. The second-order valence-corrected chi connectivity index (χ2v) is 19.9. The highest BCUT2D eigenvalue weighted by molar-refractivity contribution is 7.22. The van der Waals surface area contributed by atoms with Gasteiger partial charge in [-0.1, -0.05) is 140 Å². The van der Waals surface area contributed by atoms with E-state index >= 15 is 0 Å². The molecule has 0 radical (unpaired) electrons. The van der Waals surface area contributed by atoms with Gasteiger partial charge in [-0.3, -0.25) is 9.30 Å². The number of nitrogens with zero attached hydrogens (tertiary/aromatic N) is 5. The fraction of sp³-hybridized carbons (Fsp3) is 0. The Bertz CT molecular complexity index is 3690. The number of hydrogen-bond acceptors (Lipinski definition) is 4. The summed E-state index contributed by atoms with van der Waals surface area (Å²) in [7, 11) is -3.11. The lowest BCUT2D eigenvalue weighted by Gasteiger charge is -2.44. The number of para-hydroxylation sites is 4. The van der Waals surface area contributed by atoms with Gasteiger partial charge in [-0.2, -0.15) is 0 Å². The lowest BCUT2D eigenvalue weighted by atomic mass is 10.1. The molecule has 0 N–H and O–H groups in total. The lowest BCUT2D eigenvalue weighted by Crippen LogP contribution is -2.77. The first-order valence-electron chi connectivity index (χ1n) is 21.3. The summed E-state index contributed by atoms with van der Waals surface area (Å²) in [6.45, 7) is 0. The SMILES string of the molecule is c1ccc(-n2c3ccccc3c3c4c(ncc32)N(c2cccc(Oc3ccc5c6ccccc6n6ccnc6c5c3)c2)c2ccccc2[Si]4(c2ccccc2)c2ccccc2)cc1. The van der Waals surface area contributed by atoms with Gasteiger partial charge in [0.1, 0.15) is 23.0 Å². The van der Waals surface area contributed by atoms with Crippen molar-refractivity contribution in [2.24, 2.45) is 0 Å². The average Bonchev–Trinajstić information content (AvgIpc) is 3.99. The second-order valence-electron chi connectivity index (χ2n) is 16.2. The standard InChI is InChI=1S/C56H37N5OSi/c1-4-17-38(18-5-1)60-49-28-13-11-26-46(49)53-51(60)37-58-56-54(53)63(42-21-6-2-7-22-42,43-23-8-3-9-24-43)52-30-15-14-29-50(52)61(56)39-19-16-20-40(35-39)62-41-31-32-44-45-25-10-12-27-48(45)59-34-33-57-55(59)47(44)36-41/h1-37H. The molecular weight excluding hydrogens is 787 g/mol. The van der Waals surface area contributed by atoms with Crippen LogP contribution in [0.1, 0.15) is 0 Å². The van der Waals surface area contributed by atoms with Gasteiger partial charge in [-0.05, 0) is 81.6 Å². The topological polar surface area (TPSA) is 47.6 Å². The molecule has 5 heterocycles. The second kappa shape index (κ2) is 13.9. The van der Waals surface area contributed by atoms with Gasteiger partial charge in [0, 0.05) is 56.6 Å². The molecule has 4 aromatic heterocycles. The van der Waals surface area contributed by atoms with E-state index in [-0.39, 0.29) is 0 Å². The highest BCUT2D eigenvalue weighted by atomic mass is 28.3. The largest absolute Gasteiger partial charge is 0.457 e. The van der Waals surface area contributed by atoms with E-state index in [1.54, 1.807) is 0 Å². The maximum absolute atomic E-state index is 6.81. The van der Waals surface area contributed by atoms with Gasteiger partial charge in [0.25, 0.3) is 0 Å². The molecule has 12 aromatic rings. The maximum atomic E-state index is 6.81. The zero-order valence-electron chi connectivity index (χ0n) is 34.0. The molecule has 0 saturated heterocycles. The Labute approximate surface area is 364 Å². The molecule has 1 aliphatic rings. The molecule has 63 heavy (non-hydrogen) atoms. The summed E-state index contributed by atoms with van der Waals surface area (Å²) >= 11 is 0. The molecule has 13 rings (SSSR count). The summed E-state index contributed by atoms with van der Waals surface area (Å²) < 4.78 is 11.4. The van der Waals surface area contributed by atoms with Crippen molar-refractivity contribution in [2.45, 2.75) is 0 Å². The van der Waals surface area contributed by atoms with Gasteiger partial charge in [0.05, 0.1) is 28.4 Å². The molecule has 8 aromatic carbocycles. The molecule has 0 spiro atoms. The summed E-state index contributed by atoms with van der Waals surface area (Å²) in [5.41, 5.74) is 7.44. The van der Waals surface area contributed by atoms with Crippen molar-refractivity contribution in [3.05, 3.63) is 225 Å². The minimum atomic E-state index is -3.11. The van der Waals surface area contributed by atoms with Crippen LogP contribution < -0.4 is 30.4 Å². The Morgan fingerprint density at radius 3 is 1.90 bits per heavy atom. The molecule has 0 atom stereocenters. The average molecular weight is 824 g/mol. The van der Waals surface area contributed by atoms with Crippen LogP contribution in [-0.2, 0) is 0 Å². The third-order valence-electron chi connectivity index (χ3n) is 12.9. The fourth-order valence-electron chi connectivity index (χ4n) is 10.4. The third-order valence-corrected chi connectivity index (χ3v) is 17.7. The fourth-order valence-corrected chi connectivity index (χ4v) is 15.7. The zero-order valence-corrected chi connectivity index (χ0v) is 35.0. The number of anilines is 3. The molecule has 7 heteroatoms. The molecule has 0 amide bonds. The van der Waals surface area contributed by atoms with Crippen LogP contribution in [0.25, 0.3) is 54.8 Å². The number of ether oxygens (including phenoxy) is 1. The highest BCUT2D eigenvalue weighted by Gasteiger charge is 2.51. The maximum Gasteiger partial charge on any atom is 0.187 e. The summed E-state index contributed by atoms with van der Waals surface area (Å²) in [6.07, 6.45) is 5.98. The van der Waals surface area contributed by atoms with Crippen LogP contribution in [-0.4, -0.2) is 27.0 Å². The van der Waals surface area contributed by atoms with Crippen LogP contribution in [0.15, 0.2) is 225 Å². The Morgan fingerprint density at radius 1 is 0.460 bits per heavy atom. The predicted octanol–water partition coefficient (Wildman–Crippen LogP) is 11.1. The van der Waals surface area contributed by atoms with Crippen molar-refractivity contribution in [3.8, 4) is 17.2 Å². The summed E-state index contributed by atoms with van der Waals surface area (Å²) in [6, 6.07) is 74.1. The van der Waals surface area contributed by atoms with Gasteiger partial charge < -0.3 is 9.30 Å². The van der Waals surface area contributed by atoms with Crippen molar-refractivity contribution in [1.82, 2.24) is 18.9 Å². The Balaban J connectivity index is 1.07. The van der Waals surface area contributed by atoms with Crippen LogP contribution in [0, 0.1) is 0 Å². The molecule has 6 nitrogen and oxygen atoms in total. The molecule has 0 fully saturated rings. The first-order chi connectivity index (χ1) is 31.3. The normalized spacial score (nSPS) is 13.2.